The topological polar surface area (TPSA) is 17.1 Å². The molecule has 0 heterocycles. The Morgan fingerprint density at radius 3 is 2.69 bits per heavy atom. The summed E-state index contributed by atoms with van der Waals surface area (Å²) >= 11 is 0.322. The van der Waals surface area contributed by atoms with Crippen LogP contribution in [0.15, 0.2) is 41.3 Å². The molecule has 0 radical (unpaired) electrons. The molecule has 0 N–H and O–H groups in total. The van der Waals surface area contributed by atoms with Crippen LogP contribution < -0.4 is 0 Å². The molecule has 2 aromatic carbocycles. The second-order valence-corrected chi connectivity index (χ2v) is 3.31. The maximum atomic E-state index is 12.9. The van der Waals surface area contributed by atoms with Gasteiger partial charge in [-0.3, -0.25) is 0 Å². The first-order chi connectivity index (χ1) is 6.31. The molecule has 3 heteroatoms. The fourth-order valence-electron chi connectivity index (χ4n) is 1.31. The van der Waals surface area contributed by atoms with Crippen molar-refractivity contribution in [2.24, 2.45) is 0 Å². The lowest BCUT2D eigenvalue weighted by atomic mass is 10.1. The van der Waals surface area contributed by atoms with Crippen molar-refractivity contribution in [2.45, 2.75) is 4.90 Å². The molecule has 13 heavy (non-hydrogen) atoms. The van der Waals surface area contributed by atoms with Gasteiger partial charge in [0.05, 0.1) is 5.39 Å². The molecule has 0 aliphatic carbocycles. The van der Waals surface area contributed by atoms with E-state index in [1.165, 1.54) is 12.1 Å². The quantitative estimate of drug-likeness (QED) is 0.636. The SMILES string of the molecule is O=[S+]c1cc(F)cc2ccccc12. The van der Waals surface area contributed by atoms with Gasteiger partial charge in [0, 0.05) is 10.3 Å². The maximum absolute atomic E-state index is 12.9. The van der Waals surface area contributed by atoms with E-state index in [9.17, 15) is 8.60 Å². The molecule has 2 aromatic rings. The van der Waals surface area contributed by atoms with E-state index in [0.717, 1.165) is 10.8 Å². The van der Waals surface area contributed by atoms with Gasteiger partial charge in [0.2, 0.25) is 0 Å². The van der Waals surface area contributed by atoms with Crippen LogP contribution in [0, 0.1) is 5.82 Å². The average Bonchev–Trinajstić information content (AvgIpc) is 2.16. The van der Waals surface area contributed by atoms with Crippen molar-refractivity contribution in [1.82, 2.24) is 0 Å². The highest BCUT2D eigenvalue weighted by molar-refractivity contribution is 7.65. The first kappa shape index (κ1) is 8.26. The van der Waals surface area contributed by atoms with Crippen LogP contribution in [0.2, 0.25) is 0 Å². The largest absolute Gasteiger partial charge is 0.505 e. The molecule has 64 valence electrons. The lowest BCUT2D eigenvalue weighted by molar-refractivity contribution is 0.602. The minimum absolute atomic E-state index is 0.322. The van der Waals surface area contributed by atoms with Crippen LogP contribution in [0.4, 0.5) is 4.39 Å². The molecule has 1 nitrogen and oxygen atoms in total. The summed E-state index contributed by atoms with van der Waals surface area (Å²) in [5, 5.41) is 1.57. The van der Waals surface area contributed by atoms with Crippen molar-refractivity contribution in [3.63, 3.8) is 0 Å². The molecule has 0 atom stereocenters. The molecule has 0 fully saturated rings. The van der Waals surface area contributed by atoms with Gasteiger partial charge in [-0.05, 0) is 17.5 Å². The Balaban J connectivity index is 2.89. The fraction of sp³-hybridized carbons (Fsp3) is 0. The number of halogens is 1. The van der Waals surface area contributed by atoms with E-state index in [4.69, 9.17) is 0 Å². The van der Waals surface area contributed by atoms with Crippen molar-refractivity contribution in [1.29, 1.82) is 0 Å². The third-order valence-corrected chi connectivity index (χ3v) is 2.40. The summed E-state index contributed by atoms with van der Waals surface area (Å²) in [4.78, 5) is 0.440. The molecule has 0 aromatic heterocycles. The van der Waals surface area contributed by atoms with E-state index in [1.54, 1.807) is 6.07 Å². The second-order valence-electron chi connectivity index (χ2n) is 2.71. The summed E-state index contributed by atoms with van der Waals surface area (Å²) in [6, 6.07) is 9.95. The van der Waals surface area contributed by atoms with Crippen LogP contribution in [0.3, 0.4) is 0 Å². The van der Waals surface area contributed by atoms with Crippen LogP contribution in [0.1, 0.15) is 0 Å². The number of fused-ring (bicyclic) bond motifs is 1. The van der Waals surface area contributed by atoms with Crippen molar-refractivity contribution in [2.75, 3.05) is 0 Å². The maximum Gasteiger partial charge on any atom is 0.505 e. The van der Waals surface area contributed by atoms with Crippen LogP contribution in [0.25, 0.3) is 10.8 Å². The highest BCUT2D eigenvalue weighted by Crippen LogP contribution is 2.20. The zero-order valence-corrected chi connectivity index (χ0v) is 7.48. The number of benzene rings is 2. The Kier molecular flexibility index (Phi) is 2.02. The van der Waals surface area contributed by atoms with Crippen LogP contribution >= 0.6 is 0 Å². The third-order valence-electron chi connectivity index (χ3n) is 1.88. The molecule has 0 saturated carbocycles. The van der Waals surface area contributed by atoms with Gasteiger partial charge < -0.3 is 0 Å². The summed E-state index contributed by atoms with van der Waals surface area (Å²) < 4.78 is 23.6. The van der Waals surface area contributed by atoms with Crippen molar-refractivity contribution in [3.05, 3.63) is 42.2 Å². The van der Waals surface area contributed by atoms with Crippen molar-refractivity contribution in [3.8, 4) is 0 Å². The second kappa shape index (κ2) is 3.18. The Morgan fingerprint density at radius 1 is 1.15 bits per heavy atom. The molecule has 0 amide bonds. The molecular formula is C10H6FOS+. The highest BCUT2D eigenvalue weighted by atomic mass is 32.1. The molecule has 0 aliphatic rings. The summed E-state index contributed by atoms with van der Waals surface area (Å²) in [7, 11) is 0. The van der Waals surface area contributed by atoms with Crippen LogP contribution in [-0.2, 0) is 15.9 Å². The minimum atomic E-state index is -0.364. The highest BCUT2D eigenvalue weighted by Gasteiger charge is 2.13. The van der Waals surface area contributed by atoms with E-state index < -0.39 is 0 Å². The summed E-state index contributed by atoms with van der Waals surface area (Å²) in [6.45, 7) is 0. The molecule has 0 saturated heterocycles. The molecule has 0 spiro atoms. The number of hydrogen-bond acceptors (Lipinski definition) is 1. The molecule has 0 bridgehead atoms. The zero-order valence-electron chi connectivity index (χ0n) is 6.66. The van der Waals surface area contributed by atoms with Gasteiger partial charge in [0.15, 0.2) is 0 Å². The number of hydrogen-bond donors (Lipinski definition) is 0. The monoisotopic (exact) mass is 193 g/mol. The minimum Gasteiger partial charge on any atom is -0.207 e. The smallest absolute Gasteiger partial charge is 0.207 e. The first-order valence-corrected chi connectivity index (χ1v) is 4.53. The lowest BCUT2D eigenvalue weighted by Gasteiger charge is -1.93. The standard InChI is InChI=1S/C10H6FOS/c11-8-5-7-3-1-2-4-9(7)10(6-8)13-12/h1-6H/q+1. The van der Waals surface area contributed by atoms with E-state index in [1.807, 2.05) is 18.2 Å². The Labute approximate surface area is 78.7 Å². The zero-order chi connectivity index (χ0) is 9.26. The Hall–Kier alpha value is -1.35. The van der Waals surface area contributed by atoms with E-state index in [-0.39, 0.29) is 5.82 Å². The van der Waals surface area contributed by atoms with Gasteiger partial charge >= 0.3 is 11.7 Å². The summed E-state index contributed by atoms with van der Waals surface area (Å²) in [5.74, 6) is -0.364. The third kappa shape index (κ3) is 1.42. The fourth-order valence-corrected chi connectivity index (χ4v) is 1.75. The molecule has 0 unspecified atom stereocenters. The van der Waals surface area contributed by atoms with Crippen molar-refractivity contribution < 1.29 is 8.60 Å². The molecular weight excluding hydrogens is 187 g/mol. The van der Waals surface area contributed by atoms with Crippen molar-refractivity contribution >= 4 is 22.4 Å². The Morgan fingerprint density at radius 2 is 1.92 bits per heavy atom. The first-order valence-electron chi connectivity index (χ1n) is 3.79. The van der Waals surface area contributed by atoms with E-state index >= 15 is 0 Å². The van der Waals surface area contributed by atoms with Crippen LogP contribution in [-0.4, -0.2) is 0 Å². The summed E-state index contributed by atoms with van der Waals surface area (Å²) in [5.41, 5.74) is 0. The average molecular weight is 193 g/mol. The van der Waals surface area contributed by atoms with Gasteiger partial charge in [-0.25, -0.2) is 4.39 Å². The van der Waals surface area contributed by atoms with Crippen LogP contribution in [0.5, 0.6) is 0 Å². The predicted octanol–water partition coefficient (Wildman–Crippen LogP) is 2.77. The normalized spacial score (nSPS) is 10.2. The molecule has 0 aliphatic heterocycles. The van der Waals surface area contributed by atoms with Gasteiger partial charge in [0.25, 0.3) is 4.90 Å². The lowest BCUT2D eigenvalue weighted by Crippen LogP contribution is -1.82. The van der Waals surface area contributed by atoms with E-state index in [0.29, 0.717) is 16.6 Å². The molecule has 2 rings (SSSR count). The van der Waals surface area contributed by atoms with E-state index in [2.05, 4.69) is 0 Å². The van der Waals surface area contributed by atoms with Gasteiger partial charge in [-0.2, -0.15) is 0 Å². The van der Waals surface area contributed by atoms with Gasteiger partial charge in [0.1, 0.15) is 5.82 Å². The van der Waals surface area contributed by atoms with Gasteiger partial charge in [-0.15, -0.1) is 0 Å². The predicted molar refractivity (Wildman–Crippen MR) is 50.2 cm³/mol. The number of rotatable bonds is 1. The van der Waals surface area contributed by atoms with Gasteiger partial charge in [-0.1, -0.05) is 18.2 Å². The summed E-state index contributed by atoms with van der Waals surface area (Å²) in [6.07, 6.45) is 0. The Bertz CT molecular complexity index is 467.